The number of rotatable bonds is 7. The van der Waals surface area contributed by atoms with Gasteiger partial charge in [-0.15, -0.1) is 0 Å². The van der Waals surface area contributed by atoms with Crippen LogP contribution < -0.4 is 16.4 Å². The Labute approximate surface area is 205 Å². The second kappa shape index (κ2) is 11.3. The van der Waals surface area contributed by atoms with Crippen molar-refractivity contribution < 1.29 is 29.3 Å². The van der Waals surface area contributed by atoms with Gasteiger partial charge >= 0.3 is 12.1 Å². The molecule has 35 heavy (non-hydrogen) atoms. The van der Waals surface area contributed by atoms with Crippen molar-refractivity contribution in [3.8, 4) is 0 Å². The number of carbonyl (C=O) groups is 3. The number of carboxylic acid groups (broad SMARTS) is 1. The van der Waals surface area contributed by atoms with Crippen molar-refractivity contribution >= 4 is 24.2 Å². The molecule has 0 radical (unpaired) electrons. The monoisotopic (exact) mass is 491 g/mol. The molecule has 0 spiro atoms. The lowest BCUT2D eigenvalue weighted by Crippen LogP contribution is -2.48. The fraction of sp³-hybridized carbons (Fsp3) is 0.583. The molecule has 0 saturated carbocycles. The lowest BCUT2D eigenvalue weighted by molar-refractivity contribution is -0.146. The lowest BCUT2D eigenvalue weighted by Gasteiger charge is -2.32. The van der Waals surface area contributed by atoms with Gasteiger partial charge in [-0.05, 0) is 53.5 Å². The number of aliphatic imine (C=N–C) groups is 1. The molecule has 2 aliphatic rings. The number of nitrogens with one attached hydrogen (secondary N) is 2. The van der Waals surface area contributed by atoms with Gasteiger partial charge in [0, 0.05) is 49.4 Å². The van der Waals surface area contributed by atoms with Gasteiger partial charge in [-0.3, -0.25) is 14.6 Å². The maximum absolute atomic E-state index is 12.4. The average Bonchev–Trinajstić information content (AvgIpc) is 2.77. The van der Waals surface area contributed by atoms with E-state index in [-0.39, 0.29) is 24.4 Å². The number of allylic oxidation sites excluding steroid dienone is 3. The summed E-state index contributed by atoms with van der Waals surface area (Å²) in [5, 5.41) is 24.9. The number of hydrogen-bond donors (Lipinski definition) is 5. The number of hydrogen-bond acceptors (Lipinski definition) is 8. The number of aliphatic hydroxyl groups is 1. The molecule has 2 rings (SSSR count). The van der Waals surface area contributed by atoms with Gasteiger partial charge in [-0.2, -0.15) is 0 Å². The third kappa shape index (κ3) is 8.04. The first kappa shape index (κ1) is 27.7. The first-order valence-corrected chi connectivity index (χ1v) is 11.5. The molecule has 11 heteroatoms. The van der Waals surface area contributed by atoms with Gasteiger partial charge in [0.25, 0.3) is 0 Å². The Bertz CT molecular complexity index is 937. The van der Waals surface area contributed by atoms with E-state index in [0.717, 1.165) is 0 Å². The Morgan fingerprint density at radius 1 is 1.26 bits per heavy atom. The van der Waals surface area contributed by atoms with Crippen molar-refractivity contribution in [2.75, 3.05) is 19.6 Å². The molecule has 0 aromatic rings. The number of carboxylic acids is 1. The summed E-state index contributed by atoms with van der Waals surface area (Å²) in [7, 11) is 0. The van der Waals surface area contributed by atoms with Crippen LogP contribution in [0.2, 0.25) is 0 Å². The van der Waals surface area contributed by atoms with Crippen molar-refractivity contribution in [2.45, 2.75) is 65.1 Å². The van der Waals surface area contributed by atoms with Gasteiger partial charge in [-0.1, -0.05) is 0 Å². The molecular formula is C24H37N5O6. The number of aliphatic hydroxyl groups excluding tert-OH is 1. The number of piperidine rings is 1. The molecule has 1 atom stereocenters. The normalized spacial score (nSPS) is 20.1. The van der Waals surface area contributed by atoms with E-state index in [1.54, 1.807) is 17.3 Å². The second-order valence-electron chi connectivity index (χ2n) is 10.3. The van der Waals surface area contributed by atoms with Crippen molar-refractivity contribution in [3.05, 3.63) is 35.4 Å². The molecule has 0 aliphatic carbocycles. The quantitative estimate of drug-likeness (QED) is 0.336. The van der Waals surface area contributed by atoms with Gasteiger partial charge < -0.3 is 36.2 Å². The predicted octanol–water partition coefficient (Wildman–Crippen LogP) is 1.82. The standard InChI is InChI=1S/C24H37N5O6/c1-23(2,3)35-22(34)29-8-6-17(7-9-29)26-13-16(11-25)15-10-18(30)19(27-12-15)20(31)28-14-24(4,5)21(32)33/h10-13,17,19,27,30H,6-9,14,25H2,1-5H3,(H,28,31)(H,32,33)/b16-11+,26-13?. The maximum Gasteiger partial charge on any atom is 0.410 e. The van der Waals surface area contributed by atoms with E-state index < -0.39 is 28.9 Å². The number of carbonyl (C=O) groups excluding carboxylic acids is 2. The number of amides is 2. The van der Waals surface area contributed by atoms with Crippen LogP contribution in [0.1, 0.15) is 47.5 Å². The van der Waals surface area contributed by atoms with E-state index >= 15 is 0 Å². The van der Waals surface area contributed by atoms with Crippen LogP contribution in [0.5, 0.6) is 0 Å². The highest BCUT2D eigenvalue weighted by Gasteiger charge is 2.31. The second-order valence-corrected chi connectivity index (χ2v) is 10.3. The van der Waals surface area contributed by atoms with Crippen LogP contribution in [0, 0.1) is 5.41 Å². The highest BCUT2D eigenvalue weighted by molar-refractivity contribution is 5.89. The zero-order valence-electron chi connectivity index (χ0n) is 21.0. The minimum Gasteiger partial charge on any atom is -0.510 e. The maximum atomic E-state index is 12.4. The van der Waals surface area contributed by atoms with Crippen LogP contribution >= 0.6 is 0 Å². The fourth-order valence-electron chi connectivity index (χ4n) is 3.33. The molecule has 0 bridgehead atoms. The smallest absolute Gasteiger partial charge is 0.410 e. The Hall–Kier alpha value is -3.50. The van der Waals surface area contributed by atoms with Gasteiger partial charge in [0.05, 0.1) is 11.5 Å². The zero-order chi connectivity index (χ0) is 26.4. The van der Waals surface area contributed by atoms with E-state index in [1.165, 1.54) is 26.1 Å². The summed E-state index contributed by atoms with van der Waals surface area (Å²) in [6.45, 7) is 9.48. The van der Waals surface area contributed by atoms with Crippen molar-refractivity contribution in [3.63, 3.8) is 0 Å². The molecule has 6 N–H and O–H groups in total. The molecule has 194 valence electrons. The molecule has 1 unspecified atom stereocenters. The summed E-state index contributed by atoms with van der Waals surface area (Å²) in [6, 6.07) is -1.04. The number of aliphatic carboxylic acids is 1. The Morgan fingerprint density at radius 2 is 1.89 bits per heavy atom. The summed E-state index contributed by atoms with van der Waals surface area (Å²) in [5.74, 6) is -1.82. The minimum atomic E-state index is -1.14. The van der Waals surface area contributed by atoms with Crippen molar-refractivity contribution in [1.82, 2.24) is 15.5 Å². The van der Waals surface area contributed by atoms with Crippen LogP contribution in [-0.2, 0) is 14.3 Å². The lowest BCUT2D eigenvalue weighted by atomic mass is 9.93. The summed E-state index contributed by atoms with van der Waals surface area (Å²) in [5.41, 5.74) is 5.17. The number of likely N-dealkylation sites (tertiary alicyclic amines) is 1. The van der Waals surface area contributed by atoms with Gasteiger partial charge in [-0.25, -0.2) is 4.79 Å². The topological polar surface area (TPSA) is 167 Å². The molecule has 11 nitrogen and oxygen atoms in total. The van der Waals surface area contributed by atoms with E-state index in [0.29, 0.717) is 37.1 Å². The van der Waals surface area contributed by atoms with Crippen LogP contribution in [-0.4, -0.2) is 76.6 Å². The Balaban J connectivity index is 1.92. The number of nitrogens with two attached hydrogens (primary N) is 1. The number of nitrogens with zero attached hydrogens (tertiary/aromatic N) is 2. The number of dihydropyridines is 1. The minimum absolute atomic E-state index is 0.00878. The van der Waals surface area contributed by atoms with Crippen LogP contribution in [0.4, 0.5) is 4.79 Å². The van der Waals surface area contributed by atoms with Crippen LogP contribution in [0.15, 0.2) is 40.4 Å². The first-order valence-electron chi connectivity index (χ1n) is 11.5. The summed E-state index contributed by atoms with van der Waals surface area (Å²) in [6.07, 6.45) is 6.96. The molecule has 0 aromatic heterocycles. The van der Waals surface area contributed by atoms with Crippen LogP contribution in [0.25, 0.3) is 0 Å². The van der Waals surface area contributed by atoms with Gasteiger partial charge in [0.2, 0.25) is 5.91 Å². The molecule has 2 amide bonds. The number of ether oxygens (including phenoxy) is 1. The van der Waals surface area contributed by atoms with E-state index in [9.17, 15) is 24.6 Å². The van der Waals surface area contributed by atoms with Crippen molar-refractivity contribution in [1.29, 1.82) is 0 Å². The average molecular weight is 492 g/mol. The van der Waals surface area contributed by atoms with Gasteiger partial charge in [0.1, 0.15) is 11.4 Å². The van der Waals surface area contributed by atoms with Gasteiger partial charge in [0.15, 0.2) is 6.04 Å². The van der Waals surface area contributed by atoms with Crippen molar-refractivity contribution in [2.24, 2.45) is 16.1 Å². The summed E-state index contributed by atoms with van der Waals surface area (Å²) < 4.78 is 5.41. The Morgan fingerprint density at radius 3 is 2.40 bits per heavy atom. The zero-order valence-corrected chi connectivity index (χ0v) is 21.0. The van der Waals surface area contributed by atoms with E-state index in [1.807, 2.05) is 20.8 Å². The molecular weight excluding hydrogens is 454 g/mol. The van der Waals surface area contributed by atoms with E-state index in [2.05, 4.69) is 15.6 Å². The SMILES string of the molecule is CC(C)(C)OC(=O)N1CCC(N=C/C(=C\N)C2=CNC(C(=O)NCC(C)(C)C(=O)O)C(O)=C2)CC1. The molecule has 0 aromatic carbocycles. The molecule has 1 saturated heterocycles. The Kier molecular flexibility index (Phi) is 8.94. The molecule has 2 heterocycles. The molecule has 2 aliphatic heterocycles. The fourth-order valence-corrected chi connectivity index (χ4v) is 3.33. The molecule has 1 fully saturated rings. The predicted molar refractivity (Wildman–Crippen MR) is 132 cm³/mol. The third-order valence-corrected chi connectivity index (χ3v) is 5.60. The highest BCUT2D eigenvalue weighted by Crippen LogP contribution is 2.20. The highest BCUT2D eigenvalue weighted by atomic mass is 16.6. The third-order valence-electron chi connectivity index (χ3n) is 5.60. The first-order chi connectivity index (χ1) is 16.2. The van der Waals surface area contributed by atoms with Crippen LogP contribution in [0.3, 0.4) is 0 Å². The summed E-state index contributed by atoms with van der Waals surface area (Å²) >= 11 is 0. The van der Waals surface area contributed by atoms with E-state index in [4.69, 9.17) is 10.5 Å². The summed E-state index contributed by atoms with van der Waals surface area (Å²) in [4.78, 5) is 42.1. The largest absolute Gasteiger partial charge is 0.510 e.